The fourth-order valence-corrected chi connectivity index (χ4v) is 5.03. The zero-order valence-electron chi connectivity index (χ0n) is 22.8. The number of nitrogens with one attached hydrogen (secondary N) is 2. The van der Waals surface area contributed by atoms with Crippen molar-refractivity contribution in [2.24, 2.45) is 0 Å². The molecule has 0 unspecified atom stereocenters. The van der Waals surface area contributed by atoms with Gasteiger partial charge in [0.1, 0.15) is 5.75 Å². The number of pyridine rings is 1. The van der Waals surface area contributed by atoms with Gasteiger partial charge in [-0.25, -0.2) is 0 Å². The van der Waals surface area contributed by atoms with Crippen LogP contribution in [-0.4, -0.2) is 55.2 Å². The predicted molar refractivity (Wildman–Crippen MR) is 150 cm³/mol. The van der Waals surface area contributed by atoms with E-state index in [9.17, 15) is 9.59 Å². The minimum atomic E-state index is -0.265. The first kappa shape index (κ1) is 26.9. The molecule has 1 saturated heterocycles. The highest BCUT2D eigenvalue weighted by atomic mass is 16.5. The number of likely N-dealkylation sites (tertiary alicyclic amines) is 1. The topological polar surface area (TPSA) is 75.6 Å². The van der Waals surface area contributed by atoms with Crippen molar-refractivity contribution in [2.45, 2.75) is 58.2 Å². The van der Waals surface area contributed by atoms with Gasteiger partial charge in [-0.2, -0.15) is 0 Å². The number of piperidine rings is 1. The number of carbonyl (C=O) groups is 1. The zero-order chi connectivity index (χ0) is 26.6. The van der Waals surface area contributed by atoms with E-state index in [1.54, 1.807) is 18.7 Å². The third-order valence-corrected chi connectivity index (χ3v) is 7.43. The summed E-state index contributed by atoms with van der Waals surface area (Å²) in [7, 11) is 3.18. The molecule has 37 heavy (non-hydrogen) atoms. The van der Waals surface area contributed by atoms with Crippen molar-refractivity contribution in [1.82, 2.24) is 20.1 Å². The van der Waals surface area contributed by atoms with Crippen LogP contribution in [0.1, 0.15) is 55.1 Å². The van der Waals surface area contributed by atoms with E-state index >= 15 is 0 Å². The van der Waals surface area contributed by atoms with Crippen LogP contribution in [0.4, 0.5) is 0 Å². The van der Waals surface area contributed by atoms with E-state index in [1.165, 1.54) is 17.2 Å². The standard InChI is InChI=1S/C30H40N4O3/c1-30(2,3)22-8-6-21(7-9-22)20-32-23-12-14-33(15-13-23)16-17-34-27-18-24(37-5)10-11-25(27)26(19-28(34)35)29(36)31-4/h6-11,18-19,23,32H,12-17,20H2,1-5H3,(H,31,36). The molecule has 0 bridgehead atoms. The van der Waals surface area contributed by atoms with Gasteiger partial charge in [0.25, 0.3) is 11.5 Å². The molecule has 3 aromatic rings. The van der Waals surface area contributed by atoms with Gasteiger partial charge in [-0.05, 0) is 54.6 Å². The fraction of sp³-hybridized carbons (Fsp3) is 0.467. The number of carbonyl (C=O) groups excluding carboxylic acids is 1. The molecule has 1 aromatic heterocycles. The van der Waals surface area contributed by atoms with Crippen LogP contribution in [0.5, 0.6) is 5.75 Å². The number of rotatable bonds is 8. The van der Waals surface area contributed by atoms with Crippen molar-refractivity contribution in [2.75, 3.05) is 33.8 Å². The number of aromatic nitrogens is 1. The molecule has 1 aliphatic heterocycles. The third kappa shape index (κ3) is 6.40. The predicted octanol–water partition coefficient (Wildman–Crippen LogP) is 3.92. The smallest absolute Gasteiger partial charge is 0.251 e. The van der Waals surface area contributed by atoms with Crippen LogP contribution in [-0.2, 0) is 18.5 Å². The zero-order valence-corrected chi connectivity index (χ0v) is 22.8. The second-order valence-electron chi connectivity index (χ2n) is 11.0. The maximum Gasteiger partial charge on any atom is 0.251 e. The average molecular weight is 505 g/mol. The molecule has 0 saturated carbocycles. The summed E-state index contributed by atoms with van der Waals surface area (Å²) < 4.78 is 7.15. The van der Waals surface area contributed by atoms with E-state index in [1.807, 2.05) is 18.2 Å². The number of nitrogens with zero attached hydrogens (tertiary/aromatic N) is 2. The minimum Gasteiger partial charge on any atom is -0.497 e. The molecule has 1 aliphatic rings. The minimum absolute atomic E-state index is 0.173. The van der Waals surface area contributed by atoms with Crippen molar-refractivity contribution >= 4 is 16.8 Å². The van der Waals surface area contributed by atoms with Crippen LogP contribution in [0.25, 0.3) is 10.9 Å². The highest BCUT2D eigenvalue weighted by Crippen LogP contribution is 2.24. The number of amides is 1. The number of hydrogen-bond acceptors (Lipinski definition) is 5. The Morgan fingerprint density at radius 2 is 1.73 bits per heavy atom. The normalized spacial score (nSPS) is 15.2. The van der Waals surface area contributed by atoms with Crippen LogP contribution in [0.2, 0.25) is 0 Å². The summed E-state index contributed by atoms with van der Waals surface area (Å²) in [6, 6.07) is 16.4. The molecule has 7 heteroatoms. The van der Waals surface area contributed by atoms with Gasteiger partial charge in [0.2, 0.25) is 0 Å². The summed E-state index contributed by atoms with van der Waals surface area (Å²) in [5.41, 5.74) is 3.79. The highest BCUT2D eigenvalue weighted by Gasteiger charge is 2.20. The first-order valence-electron chi connectivity index (χ1n) is 13.2. The lowest BCUT2D eigenvalue weighted by Gasteiger charge is -2.32. The summed E-state index contributed by atoms with van der Waals surface area (Å²) in [5.74, 6) is 0.397. The van der Waals surface area contributed by atoms with Crippen molar-refractivity contribution in [3.8, 4) is 5.75 Å². The van der Waals surface area contributed by atoms with Gasteiger partial charge in [0.15, 0.2) is 0 Å². The monoisotopic (exact) mass is 504 g/mol. The molecule has 7 nitrogen and oxygen atoms in total. The van der Waals surface area contributed by atoms with Gasteiger partial charge in [-0.15, -0.1) is 0 Å². The van der Waals surface area contributed by atoms with Crippen molar-refractivity contribution in [3.63, 3.8) is 0 Å². The summed E-state index contributed by atoms with van der Waals surface area (Å²) in [4.78, 5) is 27.8. The first-order valence-corrected chi connectivity index (χ1v) is 13.2. The molecule has 2 aromatic carbocycles. The number of hydrogen-bond donors (Lipinski definition) is 2. The lowest BCUT2D eigenvalue weighted by atomic mass is 9.87. The Balaban J connectivity index is 1.35. The van der Waals surface area contributed by atoms with E-state index in [0.29, 0.717) is 23.9 Å². The molecule has 0 aliphatic carbocycles. The van der Waals surface area contributed by atoms with E-state index in [4.69, 9.17) is 4.74 Å². The fourth-order valence-electron chi connectivity index (χ4n) is 5.03. The maximum atomic E-state index is 13.0. The number of fused-ring (bicyclic) bond motifs is 1. The molecular weight excluding hydrogens is 464 g/mol. The Morgan fingerprint density at radius 1 is 1.03 bits per heavy atom. The Labute approximate surface area is 219 Å². The summed E-state index contributed by atoms with van der Waals surface area (Å²) in [5, 5.41) is 7.11. The van der Waals surface area contributed by atoms with Crippen LogP contribution in [0.3, 0.4) is 0 Å². The lowest BCUT2D eigenvalue weighted by molar-refractivity contribution is 0.0964. The number of benzene rings is 2. The largest absolute Gasteiger partial charge is 0.497 e. The Morgan fingerprint density at radius 3 is 2.35 bits per heavy atom. The molecule has 2 N–H and O–H groups in total. The molecule has 4 rings (SSSR count). The molecule has 2 heterocycles. The molecule has 1 amide bonds. The highest BCUT2D eigenvalue weighted by molar-refractivity contribution is 6.06. The Bertz CT molecular complexity index is 1280. The summed E-state index contributed by atoms with van der Waals surface area (Å²) in [6.07, 6.45) is 2.16. The van der Waals surface area contributed by atoms with Crippen LogP contribution < -0.4 is 20.9 Å². The van der Waals surface area contributed by atoms with Gasteiger partial charge >= 0.3 is 0 Å². The van der Waals surface area contributed by atoms with E-state index in [2.05, 4.69) is 60.6 Å². The maximum absolute atomic E-state index is 13.0. The molecular formula is C30H40N4O3. The van der Waals surface area contributed by atoms with E-state index in [0.717, 1.165) is 49.9 Å². The van der Waals surface area contributed by atoms with Crippen LogP contribution >= 0.6 is 0 Å². The van der Waals surface area contributed by atoms with Crippen molar-refractivity contribution in [3.05, 3.63) is 75.6 Å². The molecule has 0 atom stereocenters. The van der Waals surface area contributed by atoms with E-state index < -0.39 is 0 Å². The average Bonchev–Trinajstić information content (AvgIpc) is 2.90. The molecule has 0 radical (unpaired) electrons. The lowest BCUT2D eigenvalue weighted by Crippen LogP contribution is -2.43. The van der Waals surface area contributed by atoms with Crippen LogP contribution in [0, 0.1) is 0 Å². The van der Waals surface area contributed by atoms with Gasteiger partial charge in [-0.1, -0.05) is 45.0 Å². The first-order chi connectivity index (χ1) is 17.7. The molecule has 198 valence electrons. The number of methoxy groups -OCH3 is 1. The third-order valence-electron chi connectivity index (χ3n) is 7.43. The van der Waals surface area contributed by atoms with E-state index in [-0.39, 0.29) is 16.9 Å². The molecule has 0 spiro atoms. The number of ether oxygens (including phenoxy) is 1. The Hall–Kier alpha value is -3.16. The SMILES string of the molecule is CNC(=O)c1cc(=O)n(CCN2CCC(NCc3ccc(C(C)(C)C)cc3)CC2)c2cc(OC)ccc12. The van der Waals surface area contributed by atoms with Crippen molar-refractivity contribution in [1.29, 1.82) is 0 Å². The van der Waals surface area contributed by atoms with Gasteiger partial charge in [-0.3, -0.25) is 9.59 Å². The summed E-state index contributed by atoms with van der Waals surface area (Å²) in [6.45, 7) is 10.9. The van der Waals surface area contributed by atoms with Gasteiger partial charge < -0.3 is 24.8 Å². The van der Waals surface area contributed by atoms with Crippen LogP contribution in [0.15, 0.2) is 53.3 Å². The second-order valence-corrected chi connectivity index (χ2v) is 11.0. The summed E-state index contributed by atoms with van der Waals surface area (Å²) >= 11 is 0. The Kier molecular flexibility index (Phi) is 8.35. The molecule has 1 fully saturated rings. The van der Waals surface area contributed by atoms with Gasteiger partial charge in [0, 0.05) is 50.2 Å². The van der Waals surface area contributed by atoms with Crippen molar-refractivity contribution < 1.29 is 9.53 Å². The quantitative estimate of drug-likeness (QED) is 0.486. The second kappa shape index (κ2) is 11.5. The van der Waals surface area contributed by atoms with Gasteiger partial charge in [0.05, 0.1) is 18.2 Å².